The monoisotopic (exact) mass is 251 g/mol. The summed E-state index contributed by atoms with van der Waals surface area (Å²) in [4.78, 5) is 0. The average molecular weight is 251 g/mol. The minimum Gasteiger partial charge on any atom is -0.490 e. The van der Waals surface area contributed by atoms with Crippen molar-refractivity contribution in [2.75, 3.05) is 13.2 Å². The van der Waals surface area contributed by atoms with Crippen molar-refractivity contribution in [3.63, 3.8) is 0 Å². The van der Waals surface area contributed by atoms with Crippen LogP contribution in [0.1, 0.15) is 32.3 Å². The molecule has 0 heterocycles. The molecule has 1 aromatic carbocycles. The van der Waals surface area contributed by atoms with Gasteiger partial charge in [-0.2, -0.15) is 5.26 Å². The van der Waals surface area contributed by atoms with Crippen molar-refractivity contribution >= 4 is 0 Å². The zero-order valence-corrected chi connectivity index (χ0v) is 10.8. The summed E-state index contributed by atoms with van der Waals surface area (Å²) in [5.41, 5.74) is 0.567. The zero-order chi connectivity index (χ0) is 13.4. The molecule has 0 saturated heterocycles. The quantitative estimate of drug-likeness (QED) is 0.697. The smallest absolute Gasteiger partial charge is 0.164 e. The van der Waals surface area contributed by atoms with Crippen LogP contribution in [-0.2, 0) is 6.42 Å². The van der Waals surface area contributed by atoms with Gasteiger partial charge in [0.15, 0.2) is 11.5 Å². The third-order valence-electron chi connectivity index (χ3n) is 2.45. The van der Waals surface area contributed by atoms with Gasteiger partial charge in [0.25, 0.3) is 0 Å². The van der Waals surface area contributed by atoms with Crippen LogP contribution in [0.15, 0.2) is 12.1 Å². The summed E-state index contributed by atoms with van der Waals surface area (Å²) in [7, 11) is 0. The van der Waals surface area contributed by atoms with Crippen LogP contribution < -0.4 is 9.47 Å². The van der Waals surface area contributed by atoms with E-state index in [1.54, 1.807) is 6.07 Å². The molecule has 0 atom stereocenters. The van der Waals surface area contributed by atoms with Crippen molar-refractivity contribution in [2.24, 2.45) is 0 Å². The fraction of sp³-hybridized carbons (Fsp3) is 0.500. The molecule has 0 aliphatic rings. The second-order valence-electron chi connectivity index (χ2n) is 3.77. The first-order chi connectivity index (χ1) is 8.72. The molecule has 0 aliphatic heterocycles. The third-order valence-corrected chi connectivity index (χ3v) is 2.45. The lowest BCUT2D eigenvalue weighted by Gasteiger charge is -2.13. The van der Waals surface area contributed by atoms with Crippen LogP contribution in [0.5, 0.6) is 11.5 Å². The summed E-state index contributed by atoms with van der Waals surface area (Å²) in [6.45, 7) is 4.68. The summed E-state index contributed by atoms with van der Waals surface area (Å²) in [5, 5.41) is 8.48. The van der Waals surface area contributed by atoms with Crippen molar-refractivity contribution in [3.8, 4) is 17.6 Å². The normalized spacial score (nSPS) is 9.89. The maximum Gasteiger partial charge on any atom is 0.164 e. The molecule has 98 valence electrons. The summed E-state index contributed by atoms with van der Waals surface area (Å²) < 4.78 is 24.6. The number of nitriles is 1. The fourth-order valence-corrected chi connectivity index (χ4v) is 1.66. The second-order valence-corrected chi connectivity index (χ2v) is 3.77. The van der Waals surface area contributed by atoms with Crippen molar-refractivity contribution in [2.45, 2.75) is 33.1 Å². The van der Waals surface area contributed by atoms with Gasteiger partial charge in [0.1, 0.15) is 5.82 Å². The SMILES string of the molecule is CCOc1cc(F)c(CCCC#N)cc1OCC. The molecule has 0 saturated carbocycles. The number of halogens is 1. The summed E-state index contributed by atoms with van der Waals surface area (Å²) in [6.07, 6.45) is 1.61. The number of aryl methyl sites for hydroxylation is 1. The first-order valence-corrected chi connectivity index (χ1v) is 6.17. The lowest BCUT2D eigenvalue weighted by Crippen LogP contribution is -2.01. The van der Waals surface area contributed by atoms with Gasteiger partial charge >= 0.3 is 0 Å². The number of ether oxygens (including phenoxy) is 2. The van der Waals surface area contributed by atoms with Crippen LogP contribution in [-0.4, -0.2) is 13.2 Å². The maximum absolute atomic E-state index is 13.8. The Bertz CT molecular complexity index is 427. The Morgan fingerprint density at radius 1 is 1.17 bits per heavy atom. The number of benzene rings is 1. The zero-order valence-electron chi connectivity index (χ0n) is 10.8. The van der Waals surface area contributed by atoms with E-state index in [9.17, 15) is 4.39 Å². The second kappa shape index (κ2) is 7.54. The van der Waals surface area contributed by atoms with E-state index in [-0.39, 0.29) is 5.82 Å². The molecule has 0 N–H and O–H groups in total. The average Bonchev–Trinajstić information content (AvgIpc) is 2.35. The molecule has 0 aromatic heterocycles. The molecule has 0 amide bonds. The van der Waals surface area contributed by atoms with E-state index in [1.807, 2.05) is 13.8 Å². The molecule has 3 nitrogen and oxygen atoms in total. The van der Waals surface area contributed by atoms with E-state index in [0.717, 1.165) is 0 Å². The van der Waals surface area contributed by atoms with Gasteiger partial charge in [-0.15, -0.1) is 0 Å². The molecule has 0 spiro atoms. The number of unbranched alkanes of at least 4 members (excludes halogenated alkanes) is 1. The topological polar surface area (TPSA) is 42.2 Å². The molecule has 0 bridgehead atoms. The first-order valence-electron chi connectivity index (χ1n) is 6.17. The molecular formula is C14H18FNO2. The Morgan fingerprint density at radius 2 is 1.78 bits per heavy atom. The largest absolute Gasteiger partial charge is 0.490 e. The minimum absolute atomic E-state index is 0.306. The molecule has 18 heavy (non-hydrogen) atoms. The number of hydrogen-bond acceptors (Lipinski definition) is 3. The van der Waals surface area contributed by atoms with Crippen molar-refractivity contribution < 1.29 is 13.9 Å². The van der Waals surface area contributed by atoms with Gasteiger partial charge in [-0.25, -0.2) is 4.39 Å². The van der Waals surface area contributed by atoms with E-state index in [0.29, 0.717) is 49.5 Å². The molecule has 0 aliphatic carbocycles. The molecule has 1 rings (SSSR count). The van der Waals surface area contributed by atoms with Crippen LogP contribution in [0.2, 0.25) is 0 Å². The van der Waals surface area contributed by atoms with Crippen molar-refractivity contribution in [3.05, 3.63) is 23.5 Å². The van der Waals surface area contributed by atoms with Gasteiger partial charge in [0.05, 0.1) is 19.3 Å². The van der Waals surface area contributed by atoms with Gasteiger partial charge in [0.2, 0.25) is 0 Å². The first kappa shape index (κ1) is 14.3. The standard InChI is InChI=1S/C14H18FNO2/c1-3-17-13-9-11(7-5-6-8-16)12(15)10-14(13)18-4-2/h9-10H,3-7H2,1-2H3. The van der Waals surface area contributed by atoms with E-state index in [1.165, 1.54) is 6.07 Å². The van der Waals surface area contributed by atoms with Crippen LogP contribution in [0, 0.1) is 17.1 Å². The highest BCUT2D eigenvalue weighted by Crippen LogP contribution is 2.31. The molecule has 0 unspecified atom stereocenters. The van der Waals surface area contributed by atoms with Gasteiger partial charge < -0.3 is 9.47 Å². The van der Waals surface area contributed by atoms with Gasteiger partial charge in [-0.3, -0.25) is 0 Å². The lowest BCUT2D eigenvalue weighted by atomic mass is 10.1. The summed E-state index contributed by atoms with van der Waals surface area (Å²) >= 11 is 0. The molecule has 0 fully saturated rings. The van der Waals surface area contributed by atoms with Gasteiger partial charge in [0, 0.05) is 12.5 Å². The number of hydrogen-bond donors (Lipinski definition) is 0. The summed E-state index contributed by atoms with van der Waals surface area (Å²) in [5.74, 6) is 0.688. The van der Waals surface area contributed by atoms with E-state index < -0.39 is 0 Å². The predicted octanol–water partition coefficient (Wildman–Crippen LogP) is 3.47. The summed E-state index contributed by atoms with van der Waals surface area (Å²) in [6, 6.07) is 5.08. The Kier molecular flexibility index (Phi) is 5.99. The number of nitrogens with zero attached hydrogens (tertiary/aromatic N) is 1. The highest BCUT2D eigenvalue weighted by molar-refractivity contribution is 5.44. The number of rotatable bonds is 7. The predicted molar refractivity (Wildman–Crippen MR) is 67.3 cm³/mol. The van der Waals surface area contributed by atoms with Crippen LogP contribution in [0.3, 0.4) is 0 Å². The van der Waals surface area contributed by atoms with E-state index in [4.69, 9.17) is 14.7 Å². The van der Waals surface area contributed by atoms with Gasteiger partial charge in [-0.05, 0) is 38.3 Å². The molecule has 4 heteroatoms. The van der Waals surface area contributed by atoms with Crippen molar-refractivity contribution in [1.82, 2.24) is 0 Å². The highest BCUT2D eigenvalue weighted by atomic mass is 19.1. The van der Waals surface area contributed by atoms with Crippen molar-refractivity contribution in [1.29, 1.82) is 5.26 Å². The van der Waals surface area contributed by atoms with E-state index in [2.05, 4.69) is 6.07 Å². The van der Waals surface area contributed by atoms with Crippen LogP contribution in [0.25, 0.3) is 0 Å². The van der Waals surface area contributed by atoms with Crippen LogP contribution in [0.4, 0.5) is 4.39 Å². The molecule has 0 radical (unpaired) electrons. The van der Waals surface area contributed by atoms with Gasteiger partial charge in [-0.1, -0.05) is 0 Å². The molecular weight excluding hydrogens is 233 g/mol. The van der Waals surface area contributed by atoms with E-state index >= 15 is 0 Å². The highest BCUT2D eigenvalue weighted by Gasteiger charge is 2.11. The Labute approximate surface area is 107 Å². The Balaban J connectivity index is 2.91. The Morgan fingerprint density at radius 3 is 2.33 bits per heavy atom. The third kappa shape index (κ3) is 3.92. The maximum atomic E-state index is 13.8. The Hall–Kier alpha value is -1.76. The fourth-order valence-electron chi connectivity index (χ4n) is 1.66. The van der Waals surface area contributed by atoms with Crippen LogP contribution >= 0.6 is 0 Å². The molecule has 1 aromatic rings. The lowest BCUT2D eigenvalue weighted by molar-refractivity contribution is 0.285. The minimum atomic E-state index is -0.306.